The summed E-state index contributed by atoms with van der Waals surface area (Å²) in [5.41, 5.74) is -5.70. The van der Waals surface area contributed by atoms with Crippen LogP contribution in [0.1, 0.15) is 196 Å². The molecule has 24 heteroatoms. The quantitative estimate of drug-likeness (QED) is 0.0298. The molecule has 0 spiro atoms. The van der Waals surface area contributed by atoms with Crippen molar-refractivity contribution < 1.29 is 61.1 Å². The highest BCUT2D eigenvalue weighted by molar-refractivity contribution is 6.03. The van der Waals surface area contributed by atoms with E-state index in [2.05, 4.69) is 54.8 Å². The van der Waals surface area contributed by atoms with E-state index in [1.54, 1.807) is 0 Å². The Hall–Kier alpha value is -6.33. The normalized spacial score (nSPS) is 15.8. The highest BCUT2D eigenvalue weighted by Gasteiger charge is 2.42. The molecule has 1 aromatic carbocycles. The molecule has 1 fully saturated rings. The minimum absolute atomic E-state index is 0.00161. The van der Waals surface area contributed by atoms with Crippen LogP contribution in [0.5, 0.6) is 0 Å². The van der Waals surface area contributed by atoms with Gasteiger partial charge in [0.1, 0.15) is 46.8 Å². The van der Waals surface area contributed by atoms with Crippen LogP contribution in [0.25, 0.3) is 0 Å². The van der Waals surface area contributed by atoms with Crippen LogP contribution in [0.15, 0.2) is 24.3 Å². The number of hydrogen-bond acceptors (Lipinski definition) is 11. The second-order valence-corrected chi connectivity index (χ2v) is 25.9. The molecule has 9 N–H and O–H groups in total. The Kier molecular flexibility index (Phi) is 30.0. The zero-order valence-corrected chi connectivity index (χ0v) is 53.4. The van der Waals surface area contributed by atoms with Gasteiger partial charge in [-0.25, -0.2) is 0 Å². The topological polar surface area (TPSA) is 285 Å². The zero-order valence-electron chi connectivity index (χ0n) is 53.4. The van der Waals surface area contributed by atoms with Crippen LogP contribution in [0.3, 0.4) is 0 Å². The number of hydrogen-bond donors (Lipinski definition) is 9. The van der Waals surface area contributed by atoms with Crippen LogP contribution in [0, 0.1) is 23.7 Å². The molecule has 2 rings (SSSR count). The van der Waals surface area contributed by atoms with Crippen molar-refractivity contribution in [2.45, 2.75) is 234 Å². The number of nitrogens with zero attached hydrogens (tertiary/aromatic N) is 2. The summed E-state index contributed by atoms with van der Waals surface area (Å²) in [6.45, 7) is 24.5. The van der Waals surface area contributed by atoms with Crippen LogP contribution in [-0.2, 0) is 49.3 Å². The third-order valence-electron chi connectivity index (χ3n) is 14.5. The molecule has 6 atom stereocenters. The van der Waals surface area contributed by atoms with Crippen LogP contribution >= 0.6 is 0 Å². The van der Waals surface area contributed by atoms with Gasteiger partial charge in [0.25, 0.3) is 5.91 Å². The van der Waals surface area contributed by atoms with Gasteiger partial charge in [-0.05, 0) is 143 Å². The smallest absolute Gasteiger partial charge is 0.354 e. The Balaban J connectivity index is 2.27. The number of benzene rings is 1. The molecule has 10 amide bonds. The molecular formula is C61H102F3N11O10. The molecule has 0 unspecified atom stereocenters. The summed E-state index contributed by atoms with van der Waals surface area (Å²) in [6.07, 6.45) is 0.910. The molecule has 0 saturated carbocycles. The van der Waals surface area contributed by atoms with Gasteiger partial charge in [0, 0.05) is 37.7 Å². The monoisotopic (exact) mass is 1210 g/mol. The summed E-state index contributed by atoms with van der Waals surface area (Å²) in [4.78, 5) is 142. The summed E-state index contributed by atoms with van der Waals surface area (Å²) < 4.78 is 39.9. The number of halogens is 3. The molecule has 1 aliphatic heterocycles. The lowest BCUT2D eigenvalue weighted by atomic mass is 9.95. The van der Waals surface area contributed by atoms with Crippen molar-refractivity contribution in [3.63, 3.8) is 0 Å². The average Bonchev–Trinajstić information content (AvgIpc) is 3.54. The summed E-state index contributed by atoms with van der Waals surface area (Å²) in [5.74, 6) is -8.27. The van der Waals surface area contributed by atoms with E-state index in [1.165, 1.54) is 46.4 Å². The Morgan fingerprint density at radius 3 is 1.58 bits per heavy atom. The molecule has 1 heterocycles. The van der Waals surface area contributed by atoms with Gasteiger partial charge >= 0.3 is 6.18 Å². The third kappa shape index (κ3) is 26.0. The average molecular weight is 1210 g/mol. The van der Waals surface area contributed by atoms with Gasteiger partial charge in [-0.3, -0.25) is 47.9 Å². The first kappa shape index (κ1) is 74.8. The number of unbranched alkanes of at least 4 members (excludes halogenated alkanes) is 5. The first-order valence-electron chi connectivity index (χ1n) is 30.2. The fourth-order valence-electron chi connectivity index (χ4n) is 9.75. The SMILES string of the molecule is CCCCCCCC[C@@H](C(=O)N[C@@H](CC(C)C)C(=O)NC(C)(C)C(=O)N[C@@H](CC(C)C)C(=O)N[C@@H](CC(C)C)C(=O)NC(C)(C)C(=O)NC(C)(C)C(=O)NCCC(=O)N[C@@H](C)CN(C)C)C(=O)N[C@@H]1CCCN1C(=O)c1ccc(C(F)(F)F)cc1. The van der Waals surface area contributed by atoms with Gasteiger partial charge < -0.3 is 57.7 Å². The largest absolute Gasteiger partial charge is 0.416 e. The Labute approximate surface area is 502 Å². The fourth-order valence-corrected chi connectivity index (χ4v) is 9.75. The van der Waals surface area contributed by atoms with Gasteiger partial charge in [-0.2, -0.15) is 13.2 Å². The molecule has 0 bridgehead atoms. The Morgan fingerprint density at radius 2 is 1.07 bits per heavy atom. The van der Waals surface area contributed by atoms with Gasteiger partial charge in [0.05, 0.1) is 5.56 Å². The van der Waals surface area contributed by atoms with Crippen molar-refractivity contribution in [2.75, 3.05) is 33.7 Å². The number of nitrogens with one attached hydrogen (secondary N) is 9. The van der Waals surface area contributed by atoms with E-state index in [9.17, 15) is 61.1 Å². The van der Waals surface area contributed by atoms with Gasteiger partial charge in [0.15, 0.2) is 0 Å². The predicted molar refractivity (Wildman–Crippen MR) is 320 cm³/mol. The van der Waals surface area contributed by atoms with Gasteiger partial charge in [0.2, 0.25) is 53.2 Å². The van der Waals surface area contributed by atoms with Crippen LogP contribution < -0.4 is 47.9 Å². The lowest BCUT2D eigenvalue weighted by molar-refractivity contribution is -0.140. The molecule has 21 nitrogen and oxygen atoms in total. The van der Waals surface area contributed by atoms with E-state index in [1.807, 2.05) is 67.5 Å². The maximum atomic E-state index is 14.4. The summed E-state index contributed by atoms with van der Waals surface area (Å²) in [7, 11) is 3.77. The summed E-state index contributed by atoms with van der Waals surface area (Å²) in [6, 6.07) is 0.0401. The van der Waals surface area contributed by atoms with E-state index in [0.29, 0.717) is 25.8 Å². The van der Waals surface area contributed by atoms with E-state index in [-0.39, 0.29) is 80.5 Å². The maximum Gasteiger partial charge on any atom is 0.416 e. The lowest BCUT2D eigenvalue weighted by Crippen LogP contribution is -2.65. The van der Waals surface area contributed by atoms with Crippen LogP contribution in [-0.4, -0.2) is 150 Å². The van der Waals surface area contributed by atoms with Gasteiger partial charge in [-0.1, -0.05) is 87.0 Å². The Morgan fingerprint density at radius 1 is 0.588 bits per heavy atom. The van der Waals surface area contributed by atoms with Crippen LogP contribution in [0.2, 0.25) is 0 Å². The minimum Gasteiger partial charge on any atom is -0.354 e. The summed E-state index contributed by atoms with van der Waals surface area (Å²) in [5, 5.41) is 24.8. The predicted octanol–water partition coefficient (Wildman–Crippen LogP) is 5.60. The van der Waals surface area contributed by atoms with Crippen LogP contribution in [0.4, 0.5) is 13.2 Å². The molecule has 482 valence electrons. The number of alkyl halides is 3. The number of likely N-dealkylation sites (tertiary alicyclic amines) is 1. The molecule has 85 heavy (non-hydrogen) atoms. The van der Waals surface area contributed by atoms with Crippen molar-refractivity contribution in [3.05, 3.63) is 35.4 Å². The molecule has 0 radical (unpaired) electrons. The van der Waals surface area contributed by atoms with Crippen molar-refractivity contribution in [2.24, 2.45) is 23.7 Å². The van der Waals surface area contributed by atoms with Gasteiger partial charge in [-0.15, -0.1) is 0 Å². The molecule has 0 aromatic heterocycles. The summed E-state index contributed by atoms with van der Waals surface area (Å²) >= 11 is 0. The highest BCUT2D eigenvalue weighted by Crippen LogP contribution is 2.30. The van der Waals surface area contributed by atoms with E-state index in [0.717, 1.165) is 56.4 Å². The maximum absolute atomic E-state index is 14.4. The standard InChI is InChI=1S/C61H102F3N11O10/c1-17-18-19-20-21-22-24-43(50(78)70-47-25-23-32-75(47)54(82)41-26-28-42(29-27-41)61(62,63)64)49(77)67-45(34-38(4)5)52(80)71-59(11,12)56(84)69-44(33-37(2)3)51(79)68-46(35-39(6)7)53(81)72-60(13,14)57(85)73-58(9,10)55(83)65-31-30-48(76)66-40(8)36-74(15)16/h26-29,37-40,43-47H,17-25,30-36H2,1-16H3,(H,65,83)(H,66,76)(H,67,77)(H,68,79)(H,69,84)(H,70,78)(H,71,80)(H,72,81)(H,73,85)/t40-,43-,44-,45-,46-,47-/m0/s1. The van der Waals surface area contributed by atoms with Crippen molar-refractivity contribution in [3.8, 4) is 0 Å². The minimum atomic E-state index is -4.60. The fraction of sp³-hybridized carbons (Fsp3) is 0.738. The van der Waals surface area contributed by atoms with E-state index >= 15 is 0 Å². The number of likely N-dealkylation sites (N-methyl/N-ethyl adjacent to an activating group) is 1. The second kappa shape index (κ2) is 34.1. The van der Waals surface area contributed by atoms with Crippen molar-refractivity contribution in [1.29, 1.82) is 0 Å². The molecule has 1 saturated heterocycles. The zero-order chi connectivity index (χ0) is 64.8. The third-order valence-corrected chi connectivity index (χ3v) is 14.5. The number of amides is 10. The van der Waals surface area contributed by atoms with E-state index in [4.69, 9.17) is 0 Å². The molecule has 1 aliphatic rings. The first-order valence-corrected chi connectivity index (χ1v) is 30.2. The first-order chi connectivity index (χ1) is 39.3. The molecule has 0 aliphatic carbocycles. The number of carbonyl (C=O) groups is 10. The highest BCUT2D eigenvalue weighted by atomic mass is 19.4. The van der Waals surface area contributed by atoms with E-state index < -0.39 is 112 Å². The van der Waals surface area contributed by atoms with Crippen molar-refractivity contribution in [1.82, 2.24) is 57.7 Å². The van der Waals surface area contributed by atoms with Crippen molar-refractivity contribution >= 4 is 59.1 Å². The lowest BCUT2D eigenvalue weighted by Gasteiger charge is -2.34. The Bertz CT molecular complexity index is 2410. The number of rotatable bonds is 35. The molecular weight excluding hydrogens is 1100 g/mol. The number of carbonyl (C=O) groups excluding carboxylic acids is 10. The second-order valence-electron chi connectivity index (χ2n) is 25.9. The molecule has 1 aromatic rings.